The number of carbonyl (C=O) groups excluding carboxylic acids is 2. The Balaban J connectivity index is 1.73. The molecule has 0 atom stereocenters. The molecule has 1 aromatic carbocycles. The van der Waals surface area contributed by atoms with Crippen molar-refractivity contribution in [1.29, 1.82) is 0 Å². The van der Waals surface area contributed by atoms with Crippen LogP contribution in [0.2, 0.25) is 0 Å². The summed E-state index contributed by atoms with van der Waals surface area (Å²) in [5, 5.41) is 8.69. The topological polar surface area (TPSA) is 114 Å². The van der Waals surface area contributed by atoms with Crippen LogP contribution < -0.4 is 5.73 Å². The largest absolute Gasteiger partial charge is 0.481 e. The van der Waals surface area contributed by atoms with Gasteiger partial charge in [0, 0.05) is 24.1 Å². The van der Waals surface area contributed by atoms with Gasteiger partial charge >= 0.3 is 5.97 Å². The Bertz CT molecular complexity index is 1070. The molecule has 1 aromatic heterocycles. The summed E-state index contributed by atoms with van der Waals surface area (Å²) in [6.45, 7) is 0.459. The van der Waals surface area contributed by atoms with Gasteiger partial charge in [-0.2, -0.15) is 0 Å². The van der Waals surface area contributed by atoms with Crippen LogP contribution in [0.3, 0.4) is 0 Å². The van der Waals surface area contributed by atoms with Gasteiger partial charge in [0.05, 0.1) is 16.3 Å². The molecular weight excluding hydrogens is 434 g/mol. The van der Waals surface area contributed by atoms with Crippen molar-refractivity contribution in [3.05, 3.63) is 58.6 Å². The van der Waals surface area contributed by atoms with Crippen LogP contribution in [0.15, 0.2) is 47.4 Å². The van der Waals surface area contributed by atoms with Gasteiger partial charge in [0.15, 0.2) is 0 Å². The smallest absolute Gasteiger partial charge is 0.303 e. The number of hydrogen-bond donors (Lipinski definition) is 2. The maximum Gasteiger partial charge on any atom is 0.303 e. The third-order valence-electron chi connectivity index (χ3n) is 4.66. The Morgan fingerprint density at radius 1 is 1.13 bits per heavy atom. The summed E-state index contributed by atoms with van der Waals surface area (Å²) in [5.41, 5.74) is 7.62. The molecule has 2 heterocycles. The fraction of sp³-hybridized carbons (Fsp3) is 0.227. The summed E-state index contributed by atoms with van der Waals surface area (Å²) in [7, 11) is 0. The molecule has 2 amide bonds. The highest BCUT2D eigenvalue weighted by Gasteiger charge is 2.31. The number of aliphatic carboxylic acids is 1. The summed E-state index contributed by atoms with van der Waals surface area (Å²) in [4.78, 5) is 41.6. The van der Waals surface area contributed by atoms with E-state index in [1.54, 1.807) is 53.4 Å². The number of benzene rings is 1. The van der Waals surface area contributed by atoms with Crippen molar-refractivity contribution < 1.29 is 19.5 Å². The van der Waals surface area contributed by atoms with E-state index in [1.165, 1.54) is 11.8 Å². The van der Waals surface area contributed by atoms with Crippen molar-refractivity contribution in [3.8, 4) is 11.3 Å². The standard InChI is InChI=1S/C22H21N3O4S2/c23-20(28)16-9-4-3-8-15(16)17-10-6-7-14(24-17)13-18-21(29)25(22(30)31-18)12-5-1-2-11-19(26)27/h3-4,6-10,13H,1-2,5,11-12H2,(H2,23,28)(H,26,27). The Morgan fingerprint density at radius 2 is 1.90 bits per heavy atom. The highest BCUT2D eigenvalue weighted by atomic mass is 32.2. The number of nitrogens with zero attached hydrogens (tertiary/aromatic N) is 2. The van der Waals surface area contributed by atoms with Gasteiger partial charge in [-0.25, -0.2) is 4.98 Å². The van der Waals surface area contributed by atoms with Crippen molar-refractivity contribution in [1.82, 2.24) is 9.88 Å². The lowest BCUT2D eigenvalue weighted by Gasteiger charge is -2.13. The zero-order valence-electron chi connectivity index (χ0n) is 16.6. The number of carboxylic acid groups (broad SMARTS) is 1. The lowest BCUT2D eigenvalue weighted by molar-refractivity contribution is -0.137. The molecule has 31 heavy (non-hydrogen) atoms. The quantitative estimate of drug-likeness (QED) is 0.337. The molecule has 2 aromatic rings. The van der Waals surface area contributed by atoms with Crippen LogP contribution in [-0.4, -0.2) is 43.6 Å². The molecule has 9 heteroatoms. The zero-order valence-corrected chi connectivity index (χ0v) is 18.2. The second-order valence-electron chi connectivity index (χ2n) is 6.90. The van der Waals surface area contributed by atoms with E-state index >= 15 is 0 Å². The number of unbranched alkanes of at least 4 members (excludes halogenated alkanes) is 2. The summed E-state index contributed by atoms with van der Waals surface area (Å²) in [5.74, 6) is -1.54. The number of thiocarbonyl (C=S) groups is 1. The Kier molecular flexibility index (Phi) is 7.54. The second-order valence-corrected chi connectivity index (χ2v) is 8.57. The van der Waals surface area contributed by atoms with Gasteiger partial charge in [-0.3, -0.25) is 19.3 Å². The van der Waals surface area contributed by atoms with Gasteiger partial charge in [0.2, 0.25) is 5.91 Å². The van der Waals surface area contributed by atoms with Crippen LogP contribution in [0.25, 0.3) is 17.3 Å². The van der Waals surface area contributed by atoms with Crippen molar-refractivity contribution in [2.75, 3.05) is 6.54 Å². The molecule has 1 aliphatic heterocycles. The summed E-state index contributed by atoms with van der Waals surface area (Å²) >= 11 is 6.56. The normalized spacial score (nSPS) is 15.0. The number of hydrogen-bond acceptors (Lipinski definition) is 6. The molecule has 1 fully saturated rings. The van der Waals surface area contributed by atoms with Gasteiger partial charge < -0.3 is 10.8 Å². The van der Waals surface area contributed by atoms with E-state index in [0.717, 1.165) is 0 Å². The lowest BCUT2D eigenvalue weighted by atomic mass is 10.0. The minimum absolute atomic E-state index is 0.124. The number of nitrogens with two attached hydrogens (primary N) is 1. The highest BCUT2D eigenvalue weighted by molar-refractivity contribution is 8.26. The average Bonchev–Trinajstić information content (AvgIpc) is 3.00. The fourth-order valence-corrected chi connectivity index (χ4v) is 4.45. The first-order valence-corrected chi connectivity index (χ1v) is 10.9. The average molecular weight is 456 g/mol. The summed E-state index contributed by atoms with van der Waals surface area (Å²) < 4.78 is 0.477. The van der Waals surface area contributed by atoms with Crippen LogP contribution in [0.1, 0.15) is 41.7 Å². The molecule has 0 spiro atoms. The molecule has 0 saturated carbocycles. The van der Waals surface area contributed by atoms with Gasteiger partial charge in [0.1, 0.15) is 4.32 Å². The maximum atomic E-state index is 12.8. The molecule has 3 rings (SSSR count). The van der Waals surface area contributed by atoms with Gasteiger partial charge in [0.25, 0.3) is 5.91 Å². The third kappa shape index (κ3) is 5.77. The first-order chi connectivity index (χ1) is 14.9. The van der Waals surface area contributed by atoms with E-state index in [2.05, 4.69) is 4.98 Å². The maximum absolute atomic E-state index is 12.8. The van der Waals surface area contributed by atoms with E-state index < -0.39 is 11.9 Å². The monoisotopic (exact) mass is 455 g/mol. The van der Waals surface area contributed by atoms with Crippen LogP contribution in [0.4, 0.5) is 0 Å². The SMILES string of the molecule is NC(=O)c1ccccc1-c1cccc(C=C2SC(=S)N(CCCCCC(=O)O)C2=O)n1. The molecule has 0 unspecified atom stereocenters. The third-order valence-corrected chi connectivity index (χ3v) is 6.04. The first-order valence-electron chi connectivity index (χ1n) is 9.70. The number of primary amides is 1. The van der Waals surface area contributed by atoms with Crippen molar-refractivity contribution >= 4 is 52.2 Å². The summed E-state index contributed by atoms with van der Waals surface area (Å²) in [6, 6.07) is 12.3. The molecule has 0 aliphatic carbocycles. The number of carbonyl (C=O) groups is 3. The van der Waals surface area contributed by atoms with Crippen LogP contribution >= 0.6 is 24.0 Å². The number of amides is 2. The predicted molar refractivity (Wildman–Crippen MR) is 124 cm³/mol. The second kappa shape index (κ2) is 10.3. The minimum atomic E-state index is -0.818. The highest BCUT2D eigenvalue weighted by Crippen LogP contribution is 2.33. The molecule has 160 valence electrons. The Hall–Kier alpha value is -3.04. The Morgan fingerprint density at radius 3 is 2.65 bits per heavy atom. The first kappa shape index (κ1) is 22.6. The molecule has 1 saturated heterocycles. The van der Waals surface area contributed by atoms with Gasteiger partial charge in [-0.1, -0.05) is 54.7 Å². The van der Waals surface area contributed by atoms with Gasteiger partial charge in [-0.15, -0.1) is 0 Å². The van der Waals surface area contributed by atoms with E-state index in [4.69, 9.17) is 23.1 Å². The van der Waals surface area contributed by atoms with Crippen molar-refractivity contribution in [2.24, 2.45) is 5.73 Å². The number of thioether (sulfide) groups is 1. The van der Waals surface area contributed by atoms with Crippen LogP contribution in [-0.2, 0) is 9.59 Å². The number of rotatable bonds is 9. The zero-order chi connectivity index (χ0) is 22.4. The van der Waals surface area contributed by atoms with Gasteiger partial charge in [-0.05, 0) is 37.1 Å². The Labute approximate surface area is 189 Å². The fourth-order valence-electron chi connectivity index (χ4n) is 3.15. The summed E-state index contributed by atoms with van der Waals surface area (Å²) in [6.07, 6.45) is 3.78. The molecule has 7 nitrogen and oxygen atoms in total. The van der Waals surface area contributed by atoms with E-state index in [1.807, 2.05) is 0 Å². The molecule has 3 N–H and O–H groups in total. The molecule has 0 bridgehead atoms. The number of pyridine rings is 1. The predicted octanol–water partition coefficient (Wildman–Crippen LogP) is 3.69. The number of carboxylic acids is 1. The van der Waals surface area contributed by atoms with E-state index in [9.17, 15) is 14.4 Å². The van der Waals surface area contributed by atoms with Crippen LogP contribution in [0, 0.1) is 0 Å². The van der Waals surface area contributed by atoms with Crippen molar-refractivity contribution in [3.63, 3.8) is 0 Å². The minimum Gasteiger partial charge on any atom is -0.481 e. The molecule has 0 radical (unpaired) electrons. The van der Waals surface area contributed by atoms with Crippen molar-refractivity contribution in [2.45, 2.75) is 25.7 Å². The molecular formula is C22H21N3O4S2. The lowest BCUT2D eigenvalue weighted by Crippen LogP contribution is -2.29. The molecule has 1 aliphatic rings. The number of aromatic nitrogens is 1. The van der Waals surface area contributed by atoms with E-state index in [0.29, 0.717) is 57.5 Å². The van der Waals surface area contributed by atoms with E-state index in [-0.39, 0.29) is 12.3 Å². The van der Waals surface area contributed by atoms with Crippen LogP contribution in [0.5, 0.6) is 0 Å².